The number of carbonyl (C=O) groups is 3. The molecule has 0 radical (unpaired) electrons. The van der Waals surface area contributed by atoms with Crippen molar-refractivity contribution in [2.75, 3.05) is 6.61 Å². The number of esters is 1. The maximum Gasteiger partial charge on any atom is 0.339 e. The van der Waals surface area contributed by atoms with Crippen molar-refractivity contribution in [1.82, 2.24) is 15.6 Å². The fourth-order valence-corrected chi connectivity index (χ4v) is 3.48. The third-order valence-corrected chi connectivity index (χ3v) is 4.99. The number of imide groups is 1. The summed E-state index contributed by atoms with van der Waals surface area (Å²) < 4.78 is 4.98. The molecule has 0 saturated heterocycles. The fraction of sp³-hybridized carbons (Fsp3) is 0.400. The van der Waals surface area contributed by atoms with Gasteiger partial charge in [0, 0.05) is 23.0 Å². The van der Waals surface area contributed by atoms with Crippen molar-refractivity contribution in [2.45, 2.75) is 38.6 Å². The van der Waals surface area contributed by atoms with Crippen LogP contribution in [0, 0.1) is 5.92 Å². The van der Waals surface area contributed by atoms with E-state index in [4.69, 9.17) is 4.74 Å². The molecule has 2 aromatic rings. The maximum atomic E-state index is 12.3. The zero-order chi connectivity index (χ0) is 20.1. The first-order valence-electron chi connectivity index (χ1n) is 9.33. The quantitative estimate of drug-likeness (QED) is 0.697. The summed E-state index contributed by atoms with van der Waals surface area (Å²) in [5, 5.41) is 5.47. The summed E-state index contributed by atoms with van der Waals surface area (Å²) in [6, 6.07) is 7.35. The highest BCUT2D eigenvalue weighted by Crippen LogP contribution is 2.23. The number of ether oxygens (including phenoxy) is 1. The molecule has 0 aliphatic heterocycles. The number of hydrogen-bond donors (Lipinski definition) is 3. The Labute approximate surface area is 161 Å². The molecule has 1 aromatic carbocycles. The molecule has 8 nitrogen and oxygen atoms in total. The van der Waals surface area contributed by atoms with Gasteiger partial charge in [-0.3, -0.25) is 14.9 Å². The highest BCUT2D eigenvalue weighted by molar-refractivity contribution is 6.04. The van der Waals surface area contributed by atoms with Crippen molar-refractivity contribution in [3.05, 3.63) is 46.2 Å². The van der Waals surface area contributed by atoms with E-state index in [2.05, 4.69) is 22.5 Å². The Morgan fingerprint density at radius 2 is 1.93 bits per heavy atom. The van der Waals surface area contributed by atoms with Gasteiger partial charge in [-0.05, 0) is 24.8 Å². The van der Waals surface area contributed by atoms with Gasteiger partial charge in [0.15, 0.2) is 6.61 Å². The first-order chi connectivity index (χ1) is 13.4. The average molecular weight is 385 g/mol. The highest BCUT2D eigenvalue weighted by Gasteiger charge is 2.23. The molecule has 1 heterocycles. The van der Waals surface area contributed by atoms with Crippen LogP contribution in [0.15, 0.2) is 35.1 Å². The molecule has 0 bridgehead atoms. The summed E-state index contributed by atoms with van der Waals surface area (Å²) in [5.41, 5.74) is 0.107. The highest BCUT2D eigenvalue weighted by atomic mass is 16.5. The van der Waals surface area contributed by atoms with Crippen LogP contribution < -0.4 is 16.2 Å². The third kappa shape index (κ3) is 4.76. The molecule has 0 spiro atoms. The van der Waals surface area contributed by atoms with Gasteiger partial charge in [-0.25, -0.2) is 9.59 Å². The zero-order valence-corrected chi connectivity index (χ0v) is 15.6. The van der Waals surface area contributed by atoms with Gasteiger partial charge in [0.25, 0.3) is 5.91 Å². The van der Waals surface area contributed by atoms with Gasteiger partial charge in [-0.1, -0.05) is 38.0 Å². The number of fused-ring (bicyclic) bond motifs is 1. The first kappa shape index (κ1) is 19.6. The summed E-state index contributed by atoms with van der Waals surface area (Å²) >= 11 is 0. The van der Waals surface area contributed by atoms with Gasteiger partial charge < -0.3 is 15.0 Å². The number of carbonyl (C=O) groups excluding carboxylic acids is 3. The van der Waals surface area contributed by atoms with Gasteiger partial charge in [-0.15, -0.1) is 0 Å². The van der Waals surface area contributed by atoms with Crippen molar-refractivity contribution >= 4 is 28.8 Å². The first-order valence-corrected chi connectivity index (χ1v) is 9.33. The molecule has 8 heteroatoms. The molecule has 1 aliphatic rings. The molecule has 28 heavy (non-hydrogen) atoms. The molecule has 148 valence electrons. The molecule has 1 saturated carbocycles. The topological polar surface area (TPSA) is 117 Å². The molecule has 1 aromatic heterocycles. The Kier molecular flexibility index (Phi) is 6.08. The van der Waals surface area contributed by atoms with Crippen LogP contribution in [0.25, 0.3) is 10.9 Å². The van der Waals surface area contributed by atoms with Gasteiger partial charge in [-0.2, -0.15) is 0 Å². The largest absolute Gasteiger partial charge is 0.452 e. The van der Waals surface area contributed by atoms with E-state index >= 15 is 0 Å². The molecule has 3 rings (SSSR count). The van der Waals surface area contributed by atoms with Crippen molar-refractivity contribution in [2.24, 2.45) is 5.92 Å². The van der Waals surface area contributed by atoms with Crippen molar-refractivity contribution in [3.8, 4) is 0 Å². The molecule has 3 N–H and O–H groups in total. The number of para-hydroxylation sites is 1. The molecule has 3 amide bonds. The van der Waals surface area contributed by atoms with Crippen LogP contribution in [0.4, 0.5) is 4.79 Å². The minimum atomic E-state index is -0.807. The number of rotatable bonds is 4. The van der Waals surface area contributed by atoms with E-state index in [0.717, 1.165) is 31.7 Å². The van der Waals surface area contributed by atoms with Crippen molar-refractivity contribution in [3.63, 3.8) is 0 Å². The molecular weight excluding hydrogens is 362 g/mol. The second-order valence-electron chi connectivity index (χ2n) is 7.06. The van der Waals surface area contributed by atoms with Gasteiger partial charge >= 0.3 is 12.0 Å². The number of aromatic amines is 1. The summed E-state index contributed by atoms with van der Waals surface area (Å²) in [6.07, 6.45) is 4.12. The Morgan fingerprint density at radius 1 is 1.18 bits per heavy atom. The number of pyridine rings is 1. The number of H-pyrrole nitrogens is 1. The number of nitrogens with one attached hydrogen (secondary N) is 3. The van der Waals surface area contributed by atoms with Crippen LogP contribution >= 0.6 is 0 Å². The van der Waals surface area contributed by atoms with E-state index in [1.54, 1.807) is 24.3 Å². The molecule has 0 unspecified atom stereocenters. The minimum absolute atomic E-state index is 0.0338. The van der Waals surface area contributed by atoms with Gasteiger partial charge in [0.05, 0.1) is 5.56 Å². The summed E-state index contributed by atoms with van der Waals surface area (Å²) in [5.74, 6) is -1.18. The number of aromatic nitrogens is 1. The second kappa shape index (κ2) is 8.69. The van der Waals surface area contributed by atoms with Gasteiger partial charge in [0.1, 0.15) is 0 Å². The summed E-state index contributed by atoms with van der Waals surface area (Å²) in [7, 11) is 0. The number of benzene rings is 1. The predicted molar refractivity (Wildman–Crippen MR) is 103 cm³/mol. The monoisotopic (exact) mass is 385 g/mol. The number of amides is 3. The normalized spacial score (nSPS) is 19.0. The number of hydrogen-bond acceptors (Lipinski definition) is 5. The van der Waals surface area contributed by atoms with Crippen LogP contribution in [-0.2, 0) is 9.53 Å². The molecule has 1 aliphatic carbocycles. The zero-order valence-electron chi connectivity index (χ0n) is 15.6. The Hall–Kier alpha value is -3.16. The summed E-state index contributed by atoms with van der Waals surface area (Å²) in [6.45, 7) is 1.45. The van der Waals surface area contributed by atoms with E-state index in [1.807, 2.05) is 0 Å². The van der Waals surface area contributed by atoms with E-state index in [1.165, 1.54) is 0 Å². The molecule has 1 fully saturated rings. The Bertz CT molecular complexity index is 952. The standard InChI is InChI=1S/C20H23N3O5/c1-12-6-2-4-8-15(12)22-20(27)23-18(25)11-28-19(26)14-10-17(24)21-16-9-5-3-7-13(14)16/h3,5,7,9-10,12,15H,2,4,6,8,11H2,1H3,(H,21,24)(H2,22,23,25,27)/t12-,15+/m0/s1. The van der Waals surface area contributed by atoms with E-state index in [9.17, 15) is 19.2 Å². The van der Waals surface area contributed by atoms with Crippen LogP contribution in [-0.4, -0.2) is 35.5 Å². The van der Waals surface area contributed by atoms with Crippen LogP contribution in [0.2, 0.25) is 0 Å². The lowest BCUT2D eigenvalue weighted by molar-refractivity contribution is -0.123. The lowest BCUT2D eigenvalue weighted by Crippen LogP contribution is -2.48. The maximum absolute atomic E-state index is 12.3. The number of urea groups is 1. The minimum Gasteiger partial charge on any atom is -0.452 e. The third-order valence-electron chi connectivity index (χ3n) is 4.99. The fourth-order valence-electron chi connectivity index (χ4n) is 3.48. The van der Waals surface area contributed by atoms with Crippen molar-refractivity contribution < 1.29 is 19.1 Å². The van der Waals surface area contributed by atoms with Crippen LogP contribution in [0.3, 0.4) is 0 Å². The summed E-state index contributed by atoms with van der Waals surface area (Å²) in [4.78, 5) is 50.5. The molecule has 2 atom stereocenters. The predicted octanol–water partition coefficient (Wildman–Crippen LogP) is 2.09. The smallest absolute Gasteiger partial charge is 0.339 e. The van der Waals surface area contributed by atoms with E-state index in [0.29, 0.717) is 16.8 Å². The van der Waals surface area contributed by atoms with Crippen molar-refractivity contribution in [1.29, 1.82) is 0 Å². The SMILES string of the molecule is C[C@H]1CCCC[C@H]1NC(=O)NC(=O)COC(=O)c1cc(=O)[nH]c2ccccc12. The van der Waals surface area contributed by atoms with Gasteiger partial charge in [0.2, 0.25) is 5.56 Å². The molecular formula is C20H23N3O5. The van der Waals surface area contributed by atoms with E-state index < -0.39 is 30.1 Å². The van der Waals surface area contributed by atoms with Crippen LogP contribution in [0.1, 0.15) is 43.0 Å². The lowest BCUT2D eigenvalue weighted by atomic mass is 9.86. The lowest BCUT2D eigenvalue weighted by Gasteiger charge is -2.29. The average Bonchev–Trinajstić information content (AvgIpc) is 2.67. The second-order valence-corrected chi connectivity index (χ2v) is 7.06. The van der Waals surface area contributed by atoms with E-state index in [-0.39, 0.29) is 11.6 Å². The Morgan fingerprint density at radius 3 is 2.71 bits per heavy atom. The van der Waals surface area contributed by atoms with Crippen LogP contribution in [0.5, 0.6) is 0 Å². The Balaban J connectivity index is 1.55.